The van der Waals surface area contributed by atoms with Crippen LogP contribution in [0, 0.1) is 6.92 Å². The van der Waals surface area contributed by atoms with Crippen molar-refractivity contribution in [2.45, 2.75) is 45.8 Å². The average molecular weight is 251 g/mol. The van der Waals surface area contributed by atoms with E-state index in [1.54, 1.807) is 0 Å². The Morgan fingerprint density at radius 3 is 2.24 bits per heavy atom. The van der Waals surface area contributed by atoms with Crippen molar-refractivity contribution in [3.8, 4) is 5.75 Å². The maximum atomic E-state index is 6.32. The third-order valence-corrected chi connectivity index (χ3v) is 7.92. The van der Waals surface area contributed by atoms with Crippen molar-refractivity contribution in [2.75, 3.05) is 12.4 Å². The Morgan fingerprint density at radius 1 is 1.18 bits per heavy atom. The highest BCUT2D eigenvalue weighted by molar-refractivity contribution is 6.74. The van der Waals surface area contributed by atoms with E-state index in [1.807, 2.05) is 7.05 Å². The molecule has 0 unspecified atom stereocenters. The quantitative estimate of drug-likeness (QED) is 0.803. The molecule has 1 N–H and O–H groups in total. The van der Waals surface area contributed by atoms with Crippen molar-refractivity contribution in [3.63, 3.8) is 0 Å². The number of hydrogen-bond donors (Lipinski definition) is 1. The van der Waals surface area contributed by atoms with E-state index in [0.29, 0.717) is 0 Å². The maximum absolute atomic E-state index is 6.32. The molecule has 3 heteroatoms. The van der Waals surface area contributed by atoms with Crippen LogP contribution >= 0.6 is 0 Å². The normalized spacial score (nSPS) is 12.4. The van der Waals surface area contributed by atoms with E-state index in [2.05, 4.69) is 64.3 Å². The number of nitrogens with one attached hydrogen (secondary N) is 1. The van der Waals surface area contributed by atoms with E-state index in [4.69, 9.17) is 4.43 Å². The Morgan fingerprint density at radius 2 is 1.76 bits per heavy atom. The molecule has 0 amide bonds. The molecule has 0 bridgehead atoms. The number of aryl methyl sites for hydroxylation is 1. The van der Waals surface area contributed by atoms with Crippen molar-refractivity contribution in [1.29, 1.82) is 0 Å². The highest BCUT2D eigenvalue weighted by Gasteiger charge is 2.39. The zero-order valence-electron chi connectivity index (χ0n) is 12.1. The summed E-state index contributed by atoms with van der Waals surface area (Å²) in [6, 6.07) is 6.30. The Hall–Kier alpha value is -0.963. The van der Waals surface area contributed by atoms with Crippen LogP contribution < -0.4 is 9.74 Å². The topological polar surface area (TPSA) is 21.3 Å². The van der Waals surface area contributed by atoms with Crippen LogP contribution in [-0.2, 0) is 0 Å². The first-order chi connectivity index (χ1) is 7.67. The Labute approximate surface area is 107 Å². The molecule has 0 aromatic heterocycles. The van der Waals surface area contributed by atoms with Crippen molar-refractivity contribution in [1.82, 2.24) is 0 Å². The zero-order valence-corrected chi connectivity index (χ0v) is 13.1. The number of rotatable bonds is 3. The molecule has 0 atom stereocenters. The molecule has 0 heterocycles. The summed E-state index contributed by atoms with van der Waals surface area (Å²) >= 11 is 0. The van der Waals surface area contributed by atoms with Crippen LogP contribution in [0.25, 0.3) is 0 Å². The van der Waals surface area contributed by atoms with E-state index >= 15 is 0 Å². The molecule has 1 aromatic rings. The first kappa shape index (κ1) is 14.1. The smallest absolute Gasteiger partial charge is 0.250 e. The fraction of sp³-hybridized carbons (Fsp3) is 0.571. The minimum absolute atomic E-state index is 0.225. The molecule has 0 saturated carbocycles. The molecule has 0 aliphatic rings. The predicted octanol–water partition coefficient (Wildman–Crippen LogP) is 4.42. The lowest BCUT2D eigenvalue weighted by Gasteiger charge is -2.37. The van der Waals surface area contributed by atoms with Gasteiger partial charge < -0.3 is 9.74 Å². The summed E-state index contributed by atoms with van der Waals surface area (Å²) in [5.74, 6) is 0.977. The zero-order chi connectivity index (χ0) is 13.3. The molecule has 0 aliphatic carbocycles. The first-order valence-electron chi connectivity index (χ1n) is 6.15. The van der Waals surface area contributed by atoms with E-state index in [-0.39, 0.29) is 5.04 Å². The second kappa shape index (κ2) is 4.73. The van der Waals surface area contributed by atoms with Crippen molar-refractivity contribution in [3.05, 3.63) is 23.8 Å². The van der Waals surface area contributed by atoms with Gasteiger partial charge in [-0.3, -0.25) is 0 Å². The lowest BCUT2D eigenvalue weighted by atomic mass is 10.2. The van der Waals surface area contributed by atoms with Crippen LogP contribution in [0.15, 0.2) is 18.2 Å². The first-order valence-corrected chi connectivity index (χ1v) is 9.05. The molecule has 0 radical (unpaired) electrons. The van der Waals surface area contributed by atoms with E-state index in [1.165, 1.54) is 5.56 Å². The fourth-order valence-corrected chi connectivity index (χ4v) is 2.39. The van der Waals surface area contributed by atoms with Crippen LogP contribution in [0.4, 0.5) is 5.69 Å². The molecule has 96 valence electrons. The summed E-state index contributed by atoms with van der Waals surface area (Å²) in [7, 11) is 0.187. The van der Waals surface area contributed by atoms with Gasteiger partial charge in [-0.15, -0.1) is 0 Å². The Bertz CT molecular complexity index is 394. The second-order valence-electron chi connectivity index (χ2n) is 6.11. The molecule has 2 nitrogen and oxygen atoms in total. The van der Waals surface area contributed by atoms with Gasteiger partial charge in [0.25, 0.3) is 8.32 Å². The average Bonchev–Trinajstić information content (AvgIpc) is 2.18. The van der Waals surface area contributed by atoms with Crippen LogP contribution in [0.2, 0.25) is 18.1 Å². The fourth-order valence-electron chi connectivity index (χ4n) is 1.36. The van der Waals surface area contributed by atoms with Gasteiger partial charge in [-0.1, -0.05) is 26.8 Å². The van der Waals surface area contributed by atoms with Crippen LogP contribution in [0.1, 0.15) is 26.3 Å². The third kappa shape index (κ3) is 3.25. The van der Waals surface area contributed by atoms with Gasteiger partial charge in [0, 0.05) is 7.05 Å². The molecular formula is C14H25NOSi. The third-order valence-electron chi connectivity index (χ3n) is 3.58. The number of anilines is 1. The second-order valence-corrected chi connectivity index (χ2v) is 10.8. The standard InChI is InChI=1S/C14H25NOSi/c1-11-8-9-13(12(10-11)15-5)16-17(6,7)14(2,3)4/h8-10,15H,1-7H3. The lowest BCUT2D eigenvalue weighted by molar-refractivity contribution is 0.493. The molecule has 0 saturated heterocycles. The Kier molecular flexibility index (Phi) is 3.92. The summed E-state index contributed by atoms with van der Waals surface area (Å²) < 4.78 is 6.32. The molecule has 0 aliphatic heterocycles. The van der Waals surface area contributed by atoms with Gasteiger partial charge >= 0.3 is 0 Å². The van der Waals surface area contributed by atoms with Gasteiger partial charge in [0.15, 0.2) is 0 Å². The van der Waals surface area contributed by atoms with E-state index in [0.717, 1.165) is 11.4 Å². The minimum atomic E-state index is -1.75. The van der Waals surface area contributed by atoms with Gasteiger partial charge in [-0.05, 0) is 42.8 Å². The summed E-state index contributed by atoms with van der Waals surface area (Å²) in [5, 5.41) is 3.43. The van der Waals surface area contributed by atoms with Crippen molar-refractivity contribution < 1.29 is 4.43 Å². The van der Waals surface area contributed by atoms with Crippen LogP contribution in [-0.4, -0.2) is 15.4 Å². The number of benzene rings is 1. The molecule has 0 spiro atoms. The van der Waals surface area contributed by atoms with E-state index in [9.17, 15) is 0 Å². The molecule has 1 aromatic carbocycles. The van der Waals surface area contributed by atoms with Crippen LogP contribution in [0.3, 0.4) is 0 Å². The summed E-state index contributed by atoms with van der Waals surface area (Å²) in [4.78, 5) is 0. The lowest BCUT2D eigenvalue weighted by Crippen LogP contribution is -2.44. The summed E-state index contributed by atoms with van der Waals surface area (Å²) in [6.07, 6.45) is 0. The van der Waals surface area contributed by atoms with Crippen molar-refractivity contribution >= 4 is 14.0 Å². The van der Waals surface area contributed by atoms with Gasteiger partial charge in [-0.25, -0.2) is 0 Å². The van der Waals surface area contributed by atoms with Crippen molar-refractivity contribution in [2.24, 2.45) is 0 Å². The predicted molar refractivity (Wildman–Crippen MR) is 78.6 cm³/mol. The molecule has 17 heavy (non-hydrogen) atoms. The molecule has 1 rings (SSSR count). The monoisotopic (exact) mass is 251 g/mol. The number of hydrogen-bond acceptors (Lipinski definition) is 2. The van der Waals surface area contributed by atoms with Gasteiger partial charge in [0.05, 0.1) is 5.69 Å². The minimum Gasteiger partial charge on any atom is -0.542 e. The SMILES string of the molecule is CNc1cc(C)ccc1O[Si](C)(C)C(C)(C)C. The van der Waals surface area contributed by atoms with Gasteiger partial charge in [-0.2, -0.15) is 0 Å². The highest BCUT2D eigenvalue weighted by Crippen LogP contribution is 2.39. The summed E-state index contributed by atoms with van der Waals surface area (Å²) in [5.41, 5.74) is 2.33. The highest BCUT2D eigenvalue weighted by atomic mass is 28.4. The summed E-state index contributed by atoms with van der Waals surface area (Å²) in [6.45, 7) is 13.4. The Balaban J connectivity index is 3.03. The molecule has 0 fully saturated rings. The van der Waals surface area contributed by atoms with E-state index < -0.39 is 8.32 Å². The molecular weight excluding hydrogens is 226 g/mol. The maximum Gasteiger partial charge on any atom is 0.250 e. The largest absolute Gasteiger partial charge is 0.542 e. The van der Waals surface area contributed by atoms with Gasteiger partial charge in [0.1, 0.15) is 5.75 Å². The van der Waals surface area contributed by atoms with Crippen LogP contribution in [0.5, 0.6) is 5.75 Å². The van der Waals surface area contributed by atoms with Gasteiger partial charge in [0.2, 0.25) is 0 Å².